The molecule has 0 spiro atoms. The summed E-state index contributed by atoms with van der Waals surface area (Å²) < 4.78 is 26.7. The van der Waals surface area contributed by atoms with Crippen molar-refractivity contribution in [2.45, 2.75) is 43.7 Å². The highest BCUT2D eigenvalue weighted by molar-refractivity contribution is 7.90. The van der Waals surface area contributed by atoms with Gasteiger partial charge in [-0.1, -0.05) is 79.7 Å². The van der Waals surface area contributed by atoms with Gasteiger partial charge >= 0.3 is 0 Å². The molecule has 1 aliphatic rings. The lowest BCUT2D eigenvalue weighted by molar-refractivity contribution is -0.141. The Morgan fingerprint density at radius 2 is 1.50 bits per heavy atom. The number of rotatable bonds is 11. The molecular formula is C29H31N3O5S. The fourth-order valence-corrected chi connectivity index (χ4v) is 6.06. The Morgan fingerprint density at radius 3 is 2.13 bits per heavy atom. The summed E-state index contributed by atoms with van der Waals surface area (Å²) in [5, 5.41) is 2.91. The third kappa shape index (κ3) is 5.94. The summed E-state index contributed by atoms with van der Waals surface area (Å²) in [6.07, 6.45) is 0.783. The van der Waals surface area contributed by atoms with E-state index in [0.29, 0.717) is 13.0 Å². The second kappa shape index (κ2) is 12.0. The number of hydrogen-bond acceptors (Lipinski definition) is 5. The maximum absolute atomic E-state index is 13.7. The van der Waals surface area contributed by atoms with Gasteiger partial charge in [0.05, 0.1) is 5.56 Å². The van der Waals surface area contributed by atoms with Gasteiger partial charge in [0.15, 0.2) is 0 Å². The highest BCUT2D eigenvalue weighted by Gasteiger charge is 2.41. The van der Waals surface area contributed by atoms with Gasteiger partial charge in [-0.15, -0.1) is 0 Å². The van der Waals surface area contributed by atoms with E-state index in [2.05, 4.69) is 5.32 Å². The Kier molecular flexibility index (Phi) is 8.58. The third-order valence-corrected chi connectivity index (χ3v) is 8.30. The number of sulfonamides is 1. The number of nitrogens with zero attached hydrogens (tertiary/aromatic N) is 2. The van der Waals surface area contributed by atoms with Crippen molar-refractivity contribution in [1.29, 1.82) is 0 Å². The van der Waals surface area contributed by atoms with Crippen LogP contribution in [0.1, 0.15) is 41.3 Å². The molecule has 9 heteroatoms. The van der Waals surface area contributed by atoms with E-state index in [0.717, 1.165) is 21.9 Å². The summed E-state index contributed by atoms with van der Waals surface area (Å²) in [4.78, 5) is 41.3. The standard InChI is InChI=1S/C29H31N3O5S/c1-2-18-30-28(34)25(20-22-11-5-3-6-12-22)31(21-23-13-7-4-8-14-23)27(33)17-19-32-29(35)24-15-9-10-16-26(24)38(32,36)37/h3-16,25H,2,17-21H2,1H3,(H,30,34). The summed E-state index contributed by atoms with van der Waals surface area (Å²) in [6, 6.07) is 24.0. The van der Waals surface area contributed by atoms with E-state index >= 15 is 0 Å². The van der Waals surface area contributed by atoms with E-state index in [1.807, 2.05) is 67.6 Å². The smallest absolute Gasteiger partial charge is 0.269 e. The van der Waals surface area contributed by atoms with Crippen LogP contribution in [-0.2, 0) is 32.6 Å². The van der Waals surface area contributed by atoms with Crippen LogP contribution in [0, 0.1) is 0 Å². The number of fused-ring (bicyclic) bond motifs is 1. The predicted octanol–water partition coefficient (Wildman–Crippen LogP) is 3.39. The van der Waals surface area contributed by atoms with E-state index in [9.17, 15) is 22.8 Å². The second-order valence-corrected chi connectivity index (χ2v) is 11.0. The molecule has 8 nitrogen and oxygen atoms in total. The third-order valence-electron chi connectivity index (χ3n) is 6.46. The van der Waals surface area contributed by atoms with Crippen LogP contribution in [0.25, 0.3) is 0 Å². The van der Waals surface area contributed by atoms with Gasteiger partial charge in [0.1, 0.15) is 10.9 Å². The van der Waals surface area contributed by atoms with Crippen molar-refractivity contribution in [3.8, 4) is 0 Å². The number of carbonyl (C=O) groups excluding carboxylic acids is 3. The lowest BCUT2D eigenvalue weighted by Gasteiger charge is -2.32. The first-order valence-electron chi connectivity index (χ1n) is 12.6. The molecule has 0 fully saturated rings. The molecule has 3 aromatic rings. The van der Waals surface area contributed by atoms with Crippen molar-refractivity contribution in [1.82, 2.24) is 14.5 Å². The molecule has 1 unspecified atom stereocenters. The first-order chi connectivity index (χ1) is 18.3. The van der Waals surface area contributed by atoms with Crippen molar-refractivity contribution < 1.29 is 22.8 Å². The SMILES string of the molecule is CCCNC(=O)C(Cc1ccccc1)N(Cc1ccccc1)C(=O)CCN1C(=O)c2ccccc2S1(=O)=O. The minimum Gasteiger partial charge on any atom is -0.354 e. The van der Waals surface area contributed by atoms with Gasteiger partial charge in [-0.05, 0) is 29.7 Å². The minimum atomic E-state index is -4.04. The Bertz CT molecular complexity index is 1390. The monoisotopic (exact) mass is 533 g/mol. The summed E-state index contributed by atoms with van der Waals surface area (Å²) >= 11 is 0. The average Bonchev–Trinajstić information content (AvgIpc) is 3.13. The van der Waals surface area contributed by atoms with Gasteiger partial charge < -0.3 is 10.2 Å². The predicted molar refractivity (Wildman–Crippen MR) is 144 cm³/mol. The zero-order chi connectivity index (χ0) is 27.1. The summed E-state index contributed by atoms with van der Waals surface area (Å²) in [7, 11) is -4.04. The summed E-state index contributed by atoms with van der Waals surface area (Å²) in [5.74, 6) is -1.35. The molecule has 0 bridgehead atoms. The fourth-order valence-electron chi connectivity index (χ4n) is 4.49. The minimum absolute atomic E-state index is 0.0560. The Labute approximate surface area is 223 Å². The van der Waals surface area contributed by atoms with Crippen LogP contribution < -0.4 is 5.32 Å². The molecule has 0 saturated heterocycles. The quantitative estimate of drug-likeness (QED) is 0.407. The van der Waals surface area contributed by atoms with Crippen molar-refractivity contribution in [3.63, 3.8) is 0 Å². The van der Waals surface area contributed by atoms with Gasteiger partial charge in [-0.3, -0.25) is 14.4 Å². The Balaban J connectivity index is 1.61. The molecule has 198 valence electrons. The van der Waals surface area contributed by atoms with Crippen molar-refractivity contribution in [2.24, 2.45) is 0 Å². The molecule has 0 aliphatic carbocycles. The van der Waals surface area contributed by atoms with E-state index in [1.54, 1.807) is 12.1 Å². The Morgan fingerprint density at radius 1 is 0.895 bits per heavy atom. The van der Waals surface area contributed by atoms with E-state index < -0.39 is 27.9 Å². The van der Waals surface area contributed by atoms with Gasteiger partial charge in [0.25, 0.3) is 15.9 Å². The second-order valence-electron chi connectivity index (χ2n) is 9.13. The molecule has 3 amide bonds. The van der Waals surface area contributed by atoms with Crippen molar-refractivity contribution >= 4 is 27.7 Å². The summed E-state index contributed by atoms with van der Waals surface area (Å²) in [6.45, 7) is 2.27. The normalized spacial score (nSPS) is 14.6. The number of benzene rings is 3. The topological polar surface area (TPSA) is 104 Å². The van der Waals surface area contributed by atoms with E-state index in [-0.39, 0.29) is 35.9 Å². The van der Waals surface area contributed by atoms with Gasteiger partial charge in [0, 0.05) is 32.5 Å². The zero-order valence-corrected chi connectivity index (χ0v) is 22.1. The lowest BCUT2D eigenvalue weighted by Crippen LogP contribution is -2.51. The van der Waals surface area contributed by atoms with Gasteiger partial charge in [-0.25, -0.2) is 12.7 Å². The molecule has 1 aliphatic heterocycles. The average molecular weight is 534 g/mol. The van der Waals surface area contributed by atoms with Gasteiger partial charge in [-0.2, -0.15) is 0 Å². The molecule has 0 radical (unpaired) electrons. The zero-order valence-electron chi connectivity index (χ0n) is 21.2. The van der Waals surface area contributed by atoms with E-state index in [1.165, 1.54) is 17.0 Å². The van der Waals surface area contributed by atoms with Crippen LogP contribution in [0.2, 0.25) is 0 Å². The largest absolute Gasteiger partial charge is 0.354 e. The highest BCUT2D eigenvalue weighted by atomic mass is 32.2. The molecular weight excluding hydrogens is 502 g/mol. The number of nitrogens with one attached hydrogen (secondary N) is 1. The molecule has 1 N–H and O–H groups in total. The van der Waals surface area contributed by atoms with Crippen LogP contribution in [0.15, 0.2) is 89.8 Å². The first-order valence-corrected chi connectivity index (χ1v) is 14.1. The maximum Gasteiger partial charge on any atom is 0.269 e. The van der Waals surface area contributed by atoms with E-state index in [4.69, 9.17) is 0 Å². The van der Waals surface area contributed by atoms with Crippen LogP contribution in [0.3, 0.4) is 0 Å². The van der Waals surface area contributed by atoms with Crippen LogP contribution in [0.4, 0.5) is 0 Å². The van der Waals surface area contributed by atoms with Crippen molar-refractivity contribution in [2.75, 3.05) is 13.1 Å². The summed E-state index contributed by atoms with van der Waals surface area (Å²) in [5.41, 5.74) is 1.82. The molecule has 4 rings (SSSR count). The molecule has 1 heterocycles. The van der Waals surface area contributed by atoms with Crippen molar-refractivity contribution in [3.05, 3.63) is 102 Å². The van der Waals surface area contributed by atoms with Gasteiger partial charge in [0.2, 0.25) is 11.8 Å². The van der Waals surface area contributed by atoms with Crippen LogP contribution >= 0.6 is 0 Å². The Hall–Kier alpha value is -3.98. The number of hydrogen-bond donors (Lipinski definition) is 1. The molecule has 0 saturated carbocycles. The van der Waals surface area contributed by atoms with Crippen LogP contribution in [-0.4, -0.2) is 54.5 Å². The number of amides is 3. The fraction of sp³-hybridized carbons (Fsp3) is 0.276. The molecule has 1 atom stereocenters. The molecule has 3 aromatic carbocycles. The number of carbonyl (C=O) groups is 3. The molecule has 0 aromatic heterocycles. The molecule has 38 heavy (non-hydrogen) atoms. The lowest BCUT2D eigenvalue weighted by atomic mass is 10.0. The maximum atomic E-state index is 13.7. The first kappa shape index (κ1) is 27.1. The highest BCUT2D eigenvalue weighted by Crippen LogP contribution is 2.30. The van der Waals surface area contributed by atoms with Crippen LogP contribution in [0.5, 0.6) is 0 Å².